The minimum Gasteiger partial charge on any atom is -0.503 e. The third-order valence-corrected chi connectivity index (χ3v) is 27.9. The number of aromatic carboxylic acids is 1. The normalized spacial score (nSPS) is 23.9. The molecule has 5 saturated heterocycles. The number of carbonyl (C=O) groups excluding carboxylic acids is 9. The zero-order chi connectivity index (χ0) is 95.4. The van der Waals surface area contributed by atoms with Crippen LogP contribution in [0, 0.1) is 81.9 Å². The van der Waals surface area contributed by atoms with Gasteiger partial charge in [-0.2, -0.15) is 13.2 Å². The van der Waals surface area contributed by atoms with E-state index >= 15 is 0 Å². The van der Waals surface area contributed by atoms with Crippen molar-refractivity contribution in [2.24, 2.45) is 29.6 Å². The van der Waals surface area contributed by atoms with Crippen molar-refractivity contribution in [2.45, 2.75) is 164 Å². The molecule has 9 atom stereocenters. The maximum atomic E-state index is 14.1. The van der Waals surface area contributed by atoms with Crippen LogP contribution in [0.1, 0.15) is 174 Å². The number of halogens is 12. The fourth-order valence-electron chi connectivity index (χ4n) is 21.9. The summed E-state index contributed by atoms with van der Waals surface area (Å²) in [6, 6.07) is 21.4. The monoisotopic (exact) mass is 1870 g/mol. The molecule has 9 fully saturated rings. The number of hydrogen-bond donors (Lipinski definition) is 6. The minimum absolute atomic E-state index is 0.0279. The summed E-state index contributed by atoms with van der Waals surface area (Å²) in [6.45, 7) is 2.01. The van der Waals surface area contributed by atoms with Crippen molar-refractivity contribution >= 4 is 59.4 Å². The molecule has 21 rings (SSSR count). The molecule has 3 aromatic heterocycles. The number of hydrogen-bond acceptors (Lipinski definition) is 17. The van der Waals surface area contributed by atoms with Gasteiger partial charge in [0.2, 0.25) is 28.4 Å². The highest BCUT2D eigenvalue weighted by molar-refractivity contribution is 6.27. The number of aldehydes is 1. The van der Waals surface area contributed by atoms with Crippen molar-refractivity contribution in [3.63, 3.8) is 0 Å². The molecule has 40 heteroatoms. The number of piperidine rings is 5. The van der Waals surface area contributed by atoms with Gasteiger partial charge in [0.15, 0.2) is 40.1 Å². The van der Waals surface area contributed by atoms with Crippen LogP contribution in [0.15, 0.2) is 153 Å². The number of nitrogens with one attached hydrogen (secondary N) is 3. The van der Waals surface area contributed by atoms with E-state index in [2.05, 4.69) is 16.0 Å². The van der Waals surface area contributed by atoms with E-state index in [0.29, 0.717) is 112 Å². The van der Waals surface area contributed by atoms with E-state index < -0.39 is 187 Å². The van der Waals surface area contributed by atoms with Gasteiger partial charge < -0.3 is 74.0 Å². The Morgan fingerprint density at radius 2 is 0.776 bits per heavy atom. The van der Waals surface area contributed by atoms with E-state index in [9.17, 15) is 126 Å². The van der Waals surface area contributed by atoms with Gasteiger partial charge in [0.1, 0.15) is 82.3 Å². The van der Waals surface area contributed by atoms with Crippen LogP contribution >= 0.6 is 0 Å². The molecule has 1 unspecified atom stereocenters. The summed E-state index contributed by atoms with van der Waals surface area (Å²) in [5, 5.41) is 37.1. The van der Waals surface area contributed by atoms with Crippen LogP contribution in [0.4, 0.5) is 52.7 Å². The number of ether oxygens (including phenoxy) is 2. The molecular weight excluding hydrogens is 1790 g/mol. The number of benzene rings is 5. The van der Waals surface area contributed by atoms with Crippen LogP contribution in [0.5, 0.6) is 17.2 Å². The van der Waals surface area contributed by atoms with E-state index in [-0.39, 0.29) is 92.5 Å². The predicted molar refractivity (Wildman–Crippen MR) is 443 cm³/mol. The number of carbonyl (C=O) groups is 10. The van der Waals surface area contributed by atoms with Gasteiger partial charge >= 0.3 is 12.1 Å². The maximum Gasteiger partial charge on any atom is 0.446 e. The number of rotatable bonds is 16. The number of nitrogens with zero attached hydrogens (tertiary/aromatic N) is 7. The van der Waals surface area contributed by atoms with Crippen molar-refractivity contribution in [3.05, 3.63) is 283 Å². The number of alkyl halides is 3. The molecule has 8 aromatic rings. The van der Waals surface area contributed by atoms with Gasteiger partial charge in [-0.1, -0.05) is 66.7 Å². The van der Waals surface area contributed by atoms with Gasteiger partial charge in [0.25, 0.3) is 41.4 Å². The lowest BCUT2D eigenvalue weighted by atomic mass is 9.73. The Bertz CT molecular complexity index is 6330. The second-order valence-electron chi connectivity index (χ2n) is 36.1. The summed E-state index contributed by atoms with van der Waals surface area (Å²) < 4.78 is 170. The molecule has 5 aliphatic carbocycles. The summed E-state index contributed by atoms with van der Waals surface area (Å²) in [5.41, 5.74) is -5.57. The van der Waals surface area contributed by atoms with Crippen molar-refractivity contribution in [2.75, 3.05) is 26.2 Å². The molecule has 13 aliphatic rings. The van der Waals surface area contributed by atoms with Crippen LogP contribution in [0.25, 0.3) is 0 Å². The van der Waals surface area contributed by atoms with Crippen LogP contribution < -0.4 is 37.0 Å². The first kappa shape index (κ1) is 91.8. The zero-order valence-electron chi connectivity index (χ0n) is 70.8. The first-order valence-electron chi connectivity index (χ1n) is 43.0. The molecule has 0 radical (unpaired) electrons. The maximum absolute atomic E-state index is 14.1. The predicted octanol–water partition coefficient (Wildman–Crippen LogP) is 10.8. The molecule has 134 heavy (non-hydrogen) atoms. The van der Waals surface area contributed by atoms with E-state index in [1.807, 2.05) is 70.5 Å². The summed E-state index contributed by atoms with van der Waals surface area (Å²) in [6.07, 6.45) is 11.1. The fraction of sp³-hybridized carbons (Fsp3) is 0.372. The van der Waals surface area contributed by atoms with Gasteiger partial charge in [-0.05, 0) is 118 Å². The van der Waals surface area contributed by atoms with Gasteiger partial charge in [0.05, 0.1) is 27.8 Å². The van der Waals surface area contributed by atoms with E-state index in [1.165, 1.54) is 33.8 Å². The number of aromatic nitrogens is 3. The number of fused-ring (bicyclic) bond motifs is 8. The lowest BCUT2D eigenvalue weighted by Crippen LogP contribution is -2.55. The topological polar surface area (TPSA) is 365 Å². The molecule has 5 aromatic carbocycles. The minimum atomic E-state index is -4.64. The Labute approximate surface area is 751 Å². The Morgan fingerprint density at radius 3 is 1.14 bits per heavy atom. The summed E-state index contributed by atoms with van der Waals surface area (Å²) >= 11 is 0. The zero-order valence-corrected chi connectivity index (χ0v) is 70.8. The molecule has 6 N–H and O–H groups in total. The number of carboxylic acid groups (broad SMARTS) is 1. The van der Waals surface area contributed by atoms with Gasteiger partial charge in [-0.3, -0.25) is 57.5 Å². The summed E-state index contributed by atoms with van der Waals surface area (Å²) in [5.74, 6) is -17.2. The third-order valence-electron chi connectivity index (χ3n) is 27.9. The van der Waals surface area contributed by atoms with Crippen molar-refractivity contribution in [1.29, 1.82) is 0 Å². The Hall–Kier alpha value is -14.1. The molecule has 8 aliphatic heterocycles. The second-order valence-corrected chi connectivity index (χ2v) is 36.1. The number of carboxylic acids is 1. The highest BCUT2D eigenvalue weighted by atomic mass is 19.4. The Kier molecular flexibility index (Phi) is 24.1. The van der Waals surface area contributed by atoms with E-state index in [1.54, 1.807) is 14.4 Å². The van der Waals surface area contributed by atoms with Crippen LogP contribution in [0.3, 0.4) is 0 Å². The highest BCUT2D eigenvalue weighted by Crippen LogP contribution is 2.57. The molecule has 28 nitrogen and oxygen atoms in total. The number of aromatic hydroxyl groups is 2. The first-order valence-corrected chi connectivity index (χ1v) is 43.0. The summed E-state index contributed by atoms with van der Waals surface area (Å²) in [4.78, 5) is 170. The summed E-state index contributed by atoms with van der Waals surface area (Å²) in [7, 11) is 0. The average Bonchev–Trinajstić information content (AvgIpc) is 1.55. The number of ketones is 1. The van der Waals surface area contributed by atoms with Gasteiger partial charge in [-0.15, -0.1) is 0 Å². The van der Waals surface area contributed by atoms with Crippen LogP contribution in [-0.2, 0) is 76.4 Å². The van der Waals surface area contributed by atoms with Gasteiger partial charge in [0, 0.05) is 149 Å². The van der Waals surface area contributed by atoms with Gasteiger partial charge in [-0.25, -0.2) is 44.3 Å². The molecule has 7 amide bonds. The lowest BCUT2D eigenvalue weighted by Gasteiger charge is -2.47. The van der Waals surface area contributed by atoms with Crippen molar-refractivity contribution in [1.82, 2.24) is 49.3 Å². The number of Topliss-reactive ketones (excluding diaryl/α,β-unsaturated/α-hetero) is 1. The lowest BCUT2D eigenvalue weighted by molar-refractivity contribution is -0.156. The third kappa shape index (κ3) is 16.8. The fourth-order valence-corrected chi connectivity index (χ4v) is 21.9. The number of amides is 7. The number of allylic oxidation sites excluding steroid dienone is 2. The largest absolute Gasteiger partial charge is 0.503 e. The molecule has 8 bridgehead atoms. The van der Waals surface area contributed by atoms with Crippen LogP contribution in [-0.4, -0.2) is 163 Å². The van der Waals surface area contributed by atoms with Crippen LogP contribution in [0.2, 0.25) is 0 Å². The number of pyridine rings is 3. The highest BCUT2D eigenvalue weighted by Gasteiger charge is 2.62. The molecule has 11 heterocycles. The molecule has 4 saturated carbocycles. The first-order chi connectivity index (χ1) is 63.7. The Balaban J connectivity index is 0.000000122. The van der Waals surface area contributed by atoms with E-state index in [0.717, 1.165) is 88.2 Å². The quantitative estimate of drug-likeness (QED) is 0.0297. The SMILES string of the molecule is O=C(NCc1c(F)cc(F)cc1F)C1=CC2C[C@]34CC[C@H](CN3C(=O)C2=C(OCc2ccccc2)C1=O)C4.O=C(NCc1c(F)cc(F)cc1F)c1cn2c(c(O)c1=O)C(=O)N1C[C@H]3CC[C@@]1(C3)C2.O=C(NCc1c(F)cc(F)cc1F)c1cn2c(c(O)c1=O)C(=O)N1C[C@H]3CC[C@@]1(C3)C2.O=C(O)c1cn2c(c(OCc3ccccc3)c1=O)C(=O)N1C[C@H]3CC[C@@]1(C3)C2.O=CC(F)(F)F. The second kappa shape index (κ2) is 35.1. The molecule has 700 valence electrons. The smallest absolute Gasteiger partial charge is 0.446 e. The molecular formula is C94H82F12N10O18. The standard InChI is InChI=1S/C29H25F3N2O4.2C21H18F3N3O4.C21H20N2O5.C2HF3O/c30-19-9-22(31)21(23(32)10-19)13-33-27(36)20-8-18-12-29-7-6-17(11-29)14-34(29)28(37)24(18)26(25(20)35)38-15-16-4-2-1-3-5-16;2*22-11-3-14(23)12(15(24)4-11)6-25-19(30)13-8-26-9-21-2-1-10(5-21)7-27(21)20(31)16(26)18(29)17(13)28;24-17-15(20(26)27)10-22-12-21-7-6-14(8-21)9-23(21)19(25)16(22)18(17)28-11-13-4-2-1-3-5-13;3-2(4,5)1-6/h1-5,8-10,17-18H,6-7,11-15H2,(H,33,36);2*3-4,8,10,29H,1-2,5-7,9H2,(H,25,30);1-5,10,14H,6-9,11-12H2,(H,26,27);1H/t17-,18?,29+;2*10-,21+;14-,21+;/m0000./s1. The van der Waals surface area contributed by atoms with Crippen molar-refractivity contribution < 1.29 is 125 Å². The van der Waals surface area contributed by atoms with Crippen molar-refractivity contribution in [3.8, 4) is 17.2 Å². The van der Waals surface area contributed by atoms with E-state index in [4.69, 9.17) is 14.3 Å². The average molecular weight is 1870 g/mol. The Morgan fingerprint density at radius 1 is 0.440 bits per heavy atom. The molecule has 4 spiro atoms.